The average Bonchev–Trinajstić information content (AvgIpc) is 2.79. The van der Waals surface area contributed by atoms with Crippen molar-refractivity contribution >= 4 is 56.2 Å². The molecule has 0 aliphatic rings. The van der Waals surface area contributed by atoms with Crippen molar-refractivity contribution in [1.82, 2.24) is 9.97 Å². The lowest BCUT2D eigenvalue weighted by Crippen LogP contribution is -2.28. The molecule has 1 aromatic carbocycles. The molecule has 190 valence electrons. The van der Waals surface area contributed by atoms with E-state index in [0.29, 0.717) is 27.4 Å². The maximum absolute atomic E-state index is 12.7. The van der Waals surface area contributed by atoms with Crippen LogP contribution in [0, 0.1) is 5.41 Å². The number of pyridine rings is 2. The zero-order chi connectivity index (χ0) is 27.3. The smallest absolute Gasteiger partial charge is 0.229 e. The molecule has 3 rings (SSSR count). The molecule has 8 nitrogen and oxygen atoms in total. The van der Waals surface area contributed by atoms with Crippen molar-refractivity contribution in [2.24, 2.45) is 5.41 Å². The highest BCUT2D eigenvalue weighted by molar-refractivity contribution is 7.90. The number of hydrogen-bond donors (Lipinski definition) is 1. The van der Waals surface area contributed by atoms with Crippen LogP contribution in [0.1, 0.15) is 54.0 Å². The van der Waals surface area contributed by atoms with Crippen LogP contribution in [-0.2, 0) is 14.6 Å². The van der Waals surface area contributed by atoms with Gasteiger partial charge in [0, 0.05) is 45.8 Å². The summed E-state index contributed by atoms with van der Waals surface area (Å²) < 4.78 is 22.1. The van der Waals surface area contributed by atoms with Gasteiger partial charge in [0.1, 0.15) is 5.15 Å². The minimum Gasteiger partial charge on any atom is -0.325 e. The van der Waals surface area contributed by atoms with Crippen LogP contribution < -0.4 is 5.32 Å². The van der Waals surface area contributed by atoms with Gasteiger partial charge >= 0.3 is 0 Å². The number of carbonyl (C=O) groups excluding carboxylic acids is 3. The Morgan fingerprint density at radius 2 is 1.50 bits per heavy atom. The van der Waals surface area contributed by atoms with Gasteiger partial charge in [0.05, 0.1) is 5.69 Å². The molecule has 0 aliphatic carbocycles. The molecule has 0 radical (unpaired) electrons. The van der Waals surface area contributed by atoms with Gasteiger partial charge < -0.3 is 5.32 Å². The SMILES string of the molecule is CC(=O)c1ccnc(S(C)(=O)=O)c1.CC(C)(C)C(=O)Nc1ccc(Cl)cc1C(=O)c1ccnc(Cl)c1. The van der Waals surface area contributed by atoms with Crippen molar-refractivity contribution in [2.45, 2.75) is 32.7 Å². The number of nitrogens with zero attached hydrogens (tertiary/aromatic N) is 2. The van der Waals surface area contributed by atoms with Crippen LogP contribution in [0.4, 0.5) is 5.69 Å². The number of Topliss-reactive ketones (excluding diaryl/α,β-unsaturated/α-hetero) is 1. The van der Waals surface area contributed by atoms with Gasteiger partial charge in [-0.3, -0.25) is 14.4 Å². The minimum atomic E-state index is -3.32. The first-order chi connectivity index (χ1) is 16.6. The number of benzene rings is 1. The maximum Gasteiger partial charge on any atom is 0.229 e. The van der Waals surface area contributed by atoms with Crippen molar-refractivity contribution in [2.75, 3.05) is 11.6 Å². The summed E-state index contributed by atoms with van der Waals surface area (Å²) in [5, 5.41) is 3.33. The van der Waals surface area contributed by atoms with E-state index in [0.717, 1.165) is 6.26 Å². The summed E-state index contributed by atoms with van der Waals surface area (Å²) in [6.07, 6.45) is 3.82. The number of carbonyl (C=O) groups is 3. The van der Waals surface area contributed by atoms with Crippen molar-refractivity contribution in [3.05, 3.63) is 81.7 Å². The van der Waals surface area contributed by atoms with Crippen LogP contribution in [0.15, 0.2) is 59.9 Å². The Hall–Kier alpha value is -3.14. The lowest BCUT2D eigenvalue weighted by molar-refractivity contribution is -0.123. The van der Waals surface area contributed by atoms with Gasteiger partial charge in [0.25, 0.3) is 0 Å². The third-order valence-electron chi connectivity index (χ3n) is 4.67. The van der Waals surface area contributed by atoms with Crippen LogP contribution in [0.3, 0.4) is 0 Å². The highest BCUT2D eigenvalue weighted by Crippen LogP contribution is 2.26. The van der Waals surface area contributed by atoms with Gasteiger partial charge in [-0.25, -0.2) is 18.4 Å². The number of nitrogens with one attached hydrogen (secondary N) is 1. The molecule has 0 atom stereocenters. The summed E-state index contributed by atoms with van der Waals surface area (Å²) >= 11 is 11.8. The predicted molar refractivity (Wildman–Crippen MR) is 140 cm³/mol. The fourth-order valence-corrected chi connectivity index (χ4v) is 3.59. The van der Waals surface area contributed by atoms with Gasteiger partial charge in [0.2, 0.25) is 5.91 Å². The van der Waals surface area contributed by atoms with E-state index in [9.17, 15) is 22.8 Å². The fourth-order valence-electron chi connectivity index (χ4n) is 2.65. The molecule has 1 N–H and O–H groups in total. The topological polar surface area (TPSA) is 123 Å². The molecular weight excluding hydrogens is 525 g/mol. The van der Waals surface area contributed by atoms with E-state index in [1.165, 1.54) is 43.6 Å². The second-order valence-electron chi connectivity index (χ2n) is 8.80. The van der Waals surface area contributed by atoms with Gasteiger partial charge in [-0.05, 0) is 49.4 Å². The maximum atomic E-state index is 12.7. The highest BCUT2D eigenvalue weighted by atomic mass is 35.5. The van der Waals surface area contributed by atoms with Crippen LogP contribution in [0.25, 0.3) is 0 Å². The van der Waals surface area contributed by atoms with E-state index >= 15 is 0 Å². The van der Waals surface area contributed by atoms with Gasteiger partial charge in [-0.2, -0.15) is 0 Å². The second-order valence-corrected chi connectivity index (χ2v) is 11.6. The molecule has 0 spiro atoms. The Morgan fingerprint density at radius 3 is 2.06 bits per heavy atom. The monoisotopic (exact) mass is 549 g/mol. The molecule has 11 heteroatoms. The first-order valence-electron chi connectivity index (χ1n) is 10.5. The number of amides is 1. The Balaban J connectivity index is 0.000000297. The van der Waals surface area contributed by atoms with Crippen molar-refractivity contribution in [1.29, 1.82) is 0 Å². The molecule has 3 aromatic rings. The third-order valence-corrected chi connectivity index (χ3v) is 6.09. The summed E-state index contributed by atoms with van der Waals surface area (Å²) in [6.45, 7) is 6.76. The first kappa shape index (κ1) is 29.1. The molecule has 36 heavy (non-hydrogen) atoms. The third kappa shape index (κ3) is 8.22. The Labute approximate surface area is 220 Å². The Morgan fingerprint density at radius 1 is 0.889 bits per heavy atom. The summed E-state index contributed by atoms with van der Waals surface area (Å²) in [4.78, 5) is 43.3. The standard InChI is InChI=1S/C17H16Cl2N2O2.C8H9NO3S/c1-17(2,3)16(23)21-13-5-4-11(18)9-12(13)15(22)10-6-7-20-14(19)8-10;1-6(10)7-3-4-9-8(5-7)13(2,11)12/h4-9H,1-3H3,(H,21,23);3-5H,1-2H3. The fraction of sp³-hybridized carbons (Fsp3) is 0.240. The van der Waals surface area contributed by atoms with E-state index in [-0.39, 0.29) is 27.7 Å². The summed E-state index contributed by atoms with van der Waals surface area (Å²) in [5.74, 6) is -0.657. The molecule has 0 aliphatic heterocycles. The number of hydrogen-bond acceptors (Lipinski definition) is 7. The quantitative estimate of drug-likeness (QED) is 0.338. The molecule has 2 heterocycles. The van der Waals surface area contributed by atoms with Crippen molar-refractivity contribution in [3.63, 3.8) is 0 Å². The van der Waals surface area contributed by atoms with Crippen LogP contribution in [0.2, 0.25) is 10.2 Å². The number of sulfone groups is 1. The molecule has 1 amide bonds. The zero-order valence-electron chi connectivity index (χ0n) is 20.3. The first-order valence-corrected chi connectivity index (χ1v) is 13.2. The Bertz CT molecular complexity index is 1420. The molecular formula is C25H25Cl2N3O5S. The molecule has 0 bridgehead atoms. The normalized spacial score (nSPS) is 11.2. The zero-order valence-corrected chi connectivity index (χ0v) is 22.6. The highest BCUT2D eigenvalue weighted by Gasteiger charge is 2.24. The van der Waals surface area contributed by atoms with Gasteiger partial charge in [0.15, 0.2) is 26.4 Å². The largest absolute Gasteiger partial charge is 0.325 e. The summed E-state index contributed by atoms with van der Waals surface area (Å²) in [6, 6.07) is 10.5. The number of rotatable bonds is 5. The molecule has 0 unspecified atom stereocenters. The van der Waals surface area contributed by atoms with Crippen molar-refractivity contribution < 1.29 is 22.8 Å². The minimum absolute atomic E-state index is 0.0693. The molecule has 0 saturated heterocycles. The lowest BCUT2D eigenvalue weighted by Gasteiger charge is -2.19. The van der Waals surface area contributed by atoms with Crippen LogP contribution in [0.5, 0.6) is 0 Å². The molecule has 0 fully saturated rings. The van der Waals surface area contributed by atoms with Gasteiger partial charge in [-0.1, -0.05) is 44.0 Å². The summed E-state index contributed by atoms with van der Waals surface area (Å²) in [7, 11) is -3.32. The van der Waals surface area contributed by atoms with E-state index in [1.807, 2.05) is 0 Å². The lowest BCUT2D eigenvalue weighted by atomic mass is 9.95. The van der Waals surface area contributed by atoms with Crippen molar-refractivity contribution in [3.8, 4) is 0 Å². The number of ketones is 2. The average molecular weight is 550 g/mol. The number of anilines is 1. The molecule has 0 saturated carbocycles. The van der Waals surface area contributed by atoms with E-state index in [4.69, 9.17) is 23.2 Å². The van der Waals surface area contributed by atoms with E-state index in [2.05, 4.69) is 15.3 Å². The van der Waals surface area contributed by atoms with Gasteiger partial charge in [-0.15, -0.1) is 0 Å². The number of halogens is 2. The number of aromatic nitrogens is 2. The predicted octanol–water partition coefficient (Wildman–Crippen LogP) is 5.29. The molecule has 2 aromatic heterocycles. The van der Waals surface area contributed by atoms with E-state index < -0.39 is 15.3 Å². The second kappa shape index (κ2) is 11.7. The van der Waals surface area contributed by atoms with E-state index in [1.54, 1.807) is 39.0 Å². The van der Waals surface area contributed by atoms with Crippen LogP contribution in [-0.4, -0.2) is 42.1 Å². The summed E-state index contributed by atoms with van der Waals surface area (Å²) in [5.41, 5.74) is 0.860. The Kier molecular flexibility index (Phi) is 9.48. The van der Waals surface area contributed by atoms with Crippen LogP contribution >= 0.6 is 23.2 Å².